The number of halogens is 3. The molecule has 82 valence electrons. The van der Waals surface area contributed by atoms with E-state index in [0.29, 0.717) is 5.57 Å². The van der Waals surface area contributed by atoms with E-state index in [1.165, 1.54) is 12.3 Å². The third kappa shape index (κ3) is 2.58. The second-order valence-corrected chi connectivity index (χ2v) is 3.58. The zero-order chi connectivity index (χ0) is 11.6. The van der Waals surface area contributed by atoms with E-state index in [1.54, 1.807) is 13.8 Å². The molecule has 0 radical (unpaired) electrons. The van der Waals surface area contributed by atoms with Crippen LogP contribution in [0.3, 0.4) is 0 Å². The highest BCUT2D eigenvalue weighted by molar-refractivity contribution is 5.64. The molecule has 0 bridgehead atoms. The van der Waals surface area contributed by atoms with E-state index < -0.39 is 11.7 Å². The summed E-state index contributed by atoms with van der Waals surface area (Å²) in [6.07, 6.45) is -3.03. The zero-order valence-electron chi connectivity index (χ0n) is 8.60. The standard InChI is InChI=1S/C11H12F3N/c1-7(2)8(3)10-9(11(12,13)14)5-4-6-15-10/h4-7H,3H2,1-2H3. The number of hydrogen-bond acceptors (Lipinski definition) is 1. The third-order valence-electron chi connectivity index (χ3n) is 2.11. The molecule has 0 amide bonds. The number of aromatic nitrogens is 1. The molecule has 4 heteroatoms. The van der Waals surface area contributed by atoms with Crippen LogP contribution in [-0.2, 0) is 6.18 Å². The molecule has 0 fully saturated rings. The first-order chi connectivity index (χ1) is 6.84. The minimum atomic E-state index is -4.37. The quantitative estimate of drug-likeness (QED) is 0.731. The Labute approximate surface area is 86.6 Å². The minimum absolute atomic E-state index is 0.0546. The van der Waals surface area contributed by atoms with E-state index in [-0.39, 0.29) is 11.6 Å². The molecular formula is C11H12F3N. The van der Waals surface area contributed by atoms with E-state index in [2.05, 4.69) is 11.6 Å². The minimum Gasteiger partial charge on any atom is -0.256 e. The molecule has 0 atom stereocenters. The molecule has 0 aromatic carbocycles. The molecule has 0 spiro atoms. The van der Waals surface area contributed by atoms with Crippen molar-refractivity contribution in [1.82, 2.24) is 4.98 Å². The molecule has 1 heterocycles. The van der Waals surface area contributed by atoms with Gasteiger partial charge in [-0.05, 0) is 23.6 Å². The molecule has 0 aliphatic rings. The van der Waals surface area contributed by atoms with Crippen molar-refractivity contribution in [1.29, 1.82) is 0 Å². The summed E-state index contributed by atoms with van der Waals surface area (Å²) in [6.45, 7) is 7.21. The Morgan fingerprint density at radius 1 is 1.40 bits per heavy atom. The zero-order valence-corrected chi connectivity index (χ0v) is 8.60. The molecule has 15 heavy (non-hydrogen) atoms. The van der Waals surface area contributed by atoms with Crippen molar-refractivity contribution in [3.05, 3.63) is 36.2 Å². The van der Waals surface area contributed by atoms with Crippen molar-refractivity contribution in [2.24, 2.45) is 5.92 Å². The van der Waals surface area contributed by atoms with Crippen LogP contribution in [0.1, 0.15) is 25.1 Å². The summed E-state index contributed by atoms with van der Waals surface area (Å²) in [6, 6.07) is 2.30. The maximum Gasteiger partial charge on any atom is 0.418 e. The molecule has 0 saturated heterocycles. The molecular weight excluding hydrogens is 203 g/mol. The SMILES string of the molecule is C=C(c1ncccc1C(F)(F)F)C(C)C. The van der Waals surface area contributed by atoms with E-state index in [0.717, 1.165) is 6.07 Å². The van der Waals surface area contributed by atoms with Crippen LogP contribution < -0.4 is 0 Å². The summed E-state index contributed by atoms with van der Waals surface area (Å²) in [5.74, 6) is -0.0546. The monoisotopic (exact) mass is 215 g/mol. The first-order valence-corrected chi connectivity index (χ1v) is 4.55. The lowest BCUT2D eigenvalue weighted by Crippen LogP contribution is -2.11. The predicted octanol–water partition coefficient (Wildman–Crippen LogP) is 3.77. The van der Waals surface area contributed by atoms with Gasteiger partial charge >= 0.3 is 6.18 Å². The van der Waals surface area contributed by atoms with Crippen molar-refractivity contribution in [2.75, 3.05) is 0 Å². The summed E-state index contributed by atoms with van der Waals surface area (Å²) in [4.78, 5) is 3.75. The van der Waals surface area contributed by atoms with Crippen LogP contribution in [0.25, 0.3) is 5.57 Å². The van der Waals surface area contributed by atoms with Gasteiger partial charge in [0.05, 0.1) is 11.3 Å². The van der Waals surface area contributed by atoms with Crippen LogP contribution in [0.2, 0.25) is 0 Å². The Morgan fingerprint density at radius 3 is 2.47 bits per heavy atom. The highest BCUT2D eigenvalue weighted by atomic mass is 19.4. The highest BCUT2D eigenvalue weighted by Crippen LogP contribution is 2.34. The third-order valence-corrected chi connectivity index (χ3v) is 2.11. The summed E-state index contributed by atoms with van der Waals surface area (Å²) in [7, 11) is 0. The molecule has 1 rings (SSSR count). The van der Waals surface area contributed by atoms with Gasteiger partial charge in [-0.1, -0.05) is 20.4 Å². The molecule has 1 aromatic rings. The second-order valence-electron chi connectivity index (χ2n) is 3.58. The van der Waals surface area contributed by atoms with Crippen molar-refractivity contribution in [2.45, 2.75) is 20.0 Å². The number of alkyl halides is 3. The number of nitrogens with zero attached hydrogens (tertiary/aromatic N) is 1. The van der Waals surface area contributed by atoms with E-state index in [9.17, 15) is 13.2 Å². The lowest BCUT2D eigenvalue weighted by Gasteiger charge is -2.15. The molecule has 0 aliphatic heterocycles. The first kappa shape index (κ1) is 11.8. The number of allylic oxidation sites excluding steroid dienone is 1. The summed E-state index contributed by atoms with van der Waals surface area (Å²) < 4.78 is 37.8. The lowest BCUT2D eigenvalue weighted by molar-refractivity contribution is -0.138. The predicted molar refractivity (Wildman–Crippen MR) is 53.1 cm³/mol. The van der Waals surface area contributed by atoms with Gasteiger partial charge < -0.3 is 0 Å². The van der Waals surface area contributed by atoms with Gasteiger partial charge in [-0.2, -0.15) is 13.2 Å². The maximum atomic E-state index is 12.6. The van der Waals surface area contributed by atoms with Gasteiger partial charge in [0, 0.05) is 6.20 Å². The van der Waals surface area contributed by atoms with Crippen LogP contribution in [0, 0.1) is 5.92 Å². The molecule has 0 unspecified atom stereocenters. The first-order valence-electron chi connectivity index (χ1n) is 4.55. The Morgan fingerprint density at radius 2 is 2.00 bits per heavy atom. The van der Waals surface area contributed by atoms with Crippen molar-refractivity contribution in [3.63, 3.8) is 0 Å². The topological polar surface area (TPSA) is 12.9 Å². The Balaban J connectivity index is 3.25. The largest absolute Gasteiger partial charge is 0.418 e. The van der Waals surface area contributed by atoms with E-state index in [4.69, 9.17) is 0 Å². The summed E-state index contributed by atoms with van der Waals surface area (Å²) >= 11 is 0. The van der Waals surface area contributed by atoms with Gasteiger partial charge in [0.2, 0.25) is 0 Å². The van der Waals surface area contributed by atoms with Gasteiger partial charge in [-0.25, -0.2) is 0 Å². The van der Waals surface area contributed by atoms with Crippen LogP contribution in [0.4, 0.5) is 13.2 Å². The lowest BCUT2D eigenvalue weighted by atomic mass is 9.98. The highest BCUT2D eigenvalue weighted by Gasteiger charge is 2.34. The van der Waals surface area contributed by atoms with Gasteiger partial charge in [-0.3, -0.25) is 4.98 Å². The van der Waals surface area contributed by atoms with Gasteiger partial charge in [0.25, 0.3) is 0 Å². The van der Waals surface area contributed by atoms with Crippen LogP contribution in [-0.4, -0.2) is 4.98 Å². The number of hydrogen-bond donors (Lipinski definition) is 0. The fourth-order valence-corrected chi connectivity index (χ4v) is 1.16. The molecule has 0 saturated carbocycles. The van der Waals surface area contributed by atoms with Crippen molar-refractivity contribution >= 4 is 5.57 Å². The normalized spacial score (nSPS) is 11.9. The Hall–Kier alpha value is -1.32. The van der Waals surface area contributed by atoms with E-state index in [1.807, 2.05) is 0 Å². The molecule has 1 nitrogen and oxygen atoms in total. The Bertz CT molecular complexity index is 366. The fraction of sp³-hybridized carbons (Fsp3) is 0.364. The fourth-order valence-electron chi connectivity index (χ4n) is 1.16. The molecule has 0 aliphatic carbocycles. The van der Waals surface area contributed by atoms with E-state index >= 15 is 0 Å². The number of rotatable bonds is 2. The van der Waals surface area contributed by atoms with Crippen LogP contribution in [0.5, 0.6) is 0 Å². The summed E-state index contributed by atoms with van der Waals surface area (Å²) in [5, 5.41) is 0. The van der Waals surface area contributed by atoms with Gasteiger partial charge in [-0.15, -0.1) is 0 Å². The van der Waals surface area contributed by atoms with Crippen molar-refractivity contribution < 1.29 is 13.2 Å². The van der Waals surface area contributed by atoms with Gasteiger partial charge in [0.15, 0.2) is 0 Å². The smallest absolute Gasteiger partial charge is 0.256 e. The van der Waals surface area contributed by atoms with Gasteiger partial charge in [0.1, 0.15) is 0 Å². The molecule has 0 N–H and O–H groups in total. The maximum absolute atomic E-state index is 12.6. The average Bonchev–Trinajstić information content (AvgIpc) is 2.15. The van der Waals surface area contributed by atoms with Crippen LogP contribution >= 0.6 is 0 Å². The average molecular weight is 215 g/mol. The molecule has 1 aromatic heterocycles. The Kier molecular flexibility index (Phi) is 3.17. The second kappa shape index (κ2) is 4.04. The van der Waals surface area contributed by atoms with Crippen molar-refractivity contribution in [3.8, 4) is 0 Å². The van der Waals surface area contributed by atoms with Crippen LogP contribution in [0.15, 0.2) is 24.9 Å². The number of pyridine rings is 1. The summed E-state index contributed by atoms with van der Waals surface area (Å²) in [5.41, 5.74) is -0.369.